The average Bonchev–Trinajstić information content (AvgIpc) is 2.78. The van der Waals surface area contributed by atoms with E-state index in [0.717, 1.165) is 25.7 Å². The van der Waals surface area contributed by atoms with Crippen LogP contribution in [0.15, 0.2) is 109 Å². The highest BCUT2D eigenvalue weighted by molar-refractivity contribution is 5.65. The molecule has 0 aliphatic carbocycles. The predicted molar refractivity (Wildman–Crippen MR) is 120 cm³/mol. The summed E-state index contributed by atoms with van der Waals surface area (Å²) in [6.07, 6.45) is 4.32. The van der Waals surface area contributed by atoms with E-state index in [4.69, 9.17) is 0 Å². The first kappa shape index (κ1) is 18.3. The van der Waals surface area contributed by atoms with Gasteiger partial charge in [-0.2, -0.15) is 0 Å². The van der Waals surface area contributed by atoms with E-state index in [1.54, 1.807) is 0 Å². The fourth-order valence-electron chi connectivity index (χ4n) is 3.68. The van der Waals surface area contributed by atoms with E-state index in [0.29, 0.717) is 0 Å². The predicted octanol–water partition coefficient (Wildman–Crippen LogP) is 6.92. The van der Waals surface area contributed by atoms with E-state index in [1.165, 1.54) is 33.4 Å². The van der Waals surface area contributed by atoms with Gasteiger partial charge in [-0.05, 0) is 59.1 Å². The fourth-order valence-corrected chi connectivity index (χ4v) is 3.68. The van der Waals surface area contributed by atoms with Gasteiger partial charge in [0.1, 0.15) is 0 Å². The Morgan fingerprint density at radius 1 is 0.321 bits per heavy atom. The lowest BCUT2D eigenvalue weighted by Crippen LogP contribution is -1.93. The molecule has 28 heavy (non-hydrogen) atoms. The third kappa shape index (κ3) is 4.98. The standard InChI is InChI=1S/C28H26/c1-3-9-23(10-4-1)17-19-25-13-7-15-27(21-25)28-16-8-14-26(22-28)20-18-24-11-5-2-6-12-24/h1-16,21-22H,17-20H2. The van der Waals surface area contributed by atoms with Crippen LogP contribution in [-0.2, 0) is 25.7 Å². The van der Waals surface area contributed by atoms with Crippen molar-refractivity contribution in [2.75, 3.05) is 0 Å². The second kappa shape index (κ2) is 9.19. The van der Waals surface area contributed by atoms with Crippen molar-refractivity contribution >= 4 is 0 Å². The lowest BCUT2D eigenvalue weighted by molar-refractivity contribution is 0.958. The van der Waals surface area contributed by atoms with Crippen LogP contribution in [0.2, 0.25) is 0 Å². The van der Waals surface area contributed by atoms with Gasteiger partial charge in [0.25, 0.3) is 0 Å². The molecular weight excluding hydrogens is 336 g/mol. The SMILES string of the molecule is c1ccc(CCc2cccc(-c3cccc(CCc4ccccc4)c3)c2)cc1. The second-order valence-corrected chi connectivity index (χ2v) is 7.37. The third-order valence-electron chi connectivity index (χ3n) is 5.28. The Morgan fingerprint density at radius 3 is 1.11 bits per heavy atom. The summed E-state index contributed by atoms with van der Waals surface area (Å²) >= 11 is 0. The Hall–Kier alpha value is -3.12. The topological polar surface area (TPSA) is 0 Å². The molecule has 0 atom stereocenters. The van der Waals surface area contributed by atoms with Gasteiger partial charge >= 0.3 is 0 Å². The van der Waals surface area contributed by atoms with E-state index >= 15 is 0 Å². The molecule has 0 aliphatic heterocycles. The summed E-state index contributed by atoms with van der Waals surface area (Å²) < 4.78 is 0. The molecular formula is C28H26. The first-order valence-corrected chi connectivity index (χ1v) is 10.1. The summed E-state index contributed by atoms with van der Waals surface area (Å²) in [5.41, 5.74) is 8.22. The van der Waals surface area contributed by atoms with Gasteiger partial charge in [-0.25, -0.2) is 0 Å². The molecule has 0 heteroatoms. The zero-order chi connectivity index (χ0) is 19.0. The van der Waals surface area contributed by atoms with Crippen LogP contribution in [0.4, 0.5) is 0 Å². The van der Waals surface area contributed by atoms with Crippen LogP contribution in [0.5, 0.6) is 0 Å². The fraction of sp³-hybridized carbons (Fsp3) is 0.143. The third-order valence-corrected chi connectivity index (χ3v) is 5.28. The number of hydrogen-bond acceptors (Lipinski definition) is 0. The Morgan fingerprint density at radius 2 is 0.679 bits per heavy atom. The minimum atomic E-state index is 1.07. The molecule has 0 spiro atoms. The first-order chi connectivity index (χ1) is 13.9. The highest BCUT2D eigenvalue weighted by atomic mass is 14.1. The zero-order valence-corrected chi connectivity index (χ0v) is 16.2. The maximum Gasteiger partial charge on any atom is -0.0181 e. The smallest absolute Gasteiger partial charge is 0.0181 e. The minimum absolute atomic E-state index is 1.07. The summed E-state index contributed by atoms with van der Waals surface area (Å²) in [4.78, 5) is 0. The minimum Gasteiger partial charge on any atom is -0.0622 e. The number of benzene rings is 4. The molecule has 0 unspecified atom stereocenters. The van der Waals surface area contributed by atoms with Gasteiger partial charge < -0.3 is 0 Å². The molecule has 4 aromatic rings. The molecule has 0 saturated carbocycles. The Labute approximate surface area is 168 Å². The van der Waals surface area contributed by atoms with E-state index in [9.17, 15) is 0 Å². The van der Waals surface area contributed by atoms with Crippen LogP contribution in [0.3, 0.4) is 0 Å². The number of aryl methyl sites for hydroxylation is 4. The number of hydrogen-bond donors (Lipinski definition) is 0. The first-order valence-electron chi connectivity index (χ1n) is 10.1. The largest absolute Gasteiger partial charge is 0.0622 e. The van der Waals surface area contributed by atoms with E-state index in [1.807, 2.05) is 0 Å². The van der Waals surface area contributed by atoms with Crippen molar-refractivity contribution in [3.05, 3.63) is 131 Å². The summed E-state index contributed by atoms with van der Waals surface area (Å²) in [6, 6.07) is 39.5. The van der Waals surface area contributed by atoms with Gasteiger partial charge in [0.15, 0.2) is 0 Å². The summed E-state index contributed by atoms with van der Waals surface area (Å²) in [5, 5.41) is 0. The average molecular weight is 363 g/mol. The lowest BCUT2D eigenvalue weighted by atomic mass is 9.96. The van der Waals surface area contributed by atoms with Gasteiger partial charge in [-0.3, -0.25) is 0 Å². The highest BCUT2D eigenvalue weighted by Crippen LogP contribution is 2.23. The van der Waals surface area contributed by atoms with Crippen molar-refractivity contribution < 1.29 is 0 Å². The molecule has 4 aromatic carbocycles. The second-order valence-electron chi connectivity index (χ2n) is 7.37. The van der Waals surface area contributed by atoms with E-state index in [2.05, 4.69) is 109 Å². The van der Waals surface area contributed by atoms with Crippen molar-refractivity contribution in [1.29, 1.82) is 0 Å². The summed E-state index contributed by atoms with van der Waals surface area (Å²) in [5.74, 6) is 0. The van der Waals surface area contributed by atoms with Crippen LogP contribution < -0.4 is 0 Å². The molecule has 4 rings (SSSR count). The van der Waals surface area contributed by atoms with Gasteiger partial charge in [-0.1, -0.05) is 109 Å². The monoisotopic (exact) mass is 362 g/mol. The molecule has 138 valence electrons. The molecule has 0 aromatic heterocycles. The van der Waals surface area contributed by atoms with Crippen molar-refractivity contribution in [2.24, 2.45) is 0 Å². The van der Waals surface area contributed by atoms with Crippen LogP contribution in [0.25, 0.3) is 11.1 Å². The molecule has 0 fully saturated rings. The van der Waals surface area contributed by atoms with Crippen molar-refractivity contribution in [3.63, 3.8) is 0 Å². The molecule has 0 heterocycles. The molecule has 0 saturated heterocycles. The van der Waals surface area contributed by atoms with Gasteiger partial charge in [-0.15, -0.1) is 0 Å². The zero-order valence-electron chi connectivity index (χ0n) is 16.2. The van der Waals surface area contributed by atoms with Crippen molar-refractivity contribution in [2.45, 2.75) is 25.7 Å². The van der Waals surface area contributed by atoms with Crippen LogP contribution in [-0.4, -0.2) is 0 Å². The van der Waals surface area contributed by atoms with Gasteiger partial charge in [0, 0.05) is 0 Å². The van der Waals surface area contributed by atoms with E-state index < -0.39 is 0 Å². The Bertz CT molecular complexity index is 915. The molecule has 0 bridgehead atoms. The normalized spacial score (nSPS) is 10.7. The molecule has 0 radical (unpaired) electrons. The van der Waals surface area contributed by atoms with Crippen molar-refractivity contribution in [1.82, 2.24) is 0 Å². The van der Waals surface area contributed by atoms with Gasteiger partial charge in [0.2, 0.25) is 0 Å². The van der Waals surface area contributed by atoms with E-state index in [-0.39, 0.29) is 0 Å². The summed E-state index contributed by atoms with van der Waals surface area (Å²) in [6.45, 7) is 0. The highest BCUT2D eigenvalue weighted by Gasteiger charge is 2.03. The van der Waals surface area contributed by atoms with Crippen molar-refractivity contribution in [3.8, 4) is 11.1 Å². The molecule has 0 aliphatic rings. The Balaban J connectivity index is 1.45. The van der Waals surface area contributed by atoms with Crippen LogP contribution >= 0.6 is 0 Å². The quantitative estimate of drug-likeness (QED) is 0.334. The summed E-state index contributed by atoms with van der Waals surface area (Å²) in [7, 11) is 0. The Kier molecular flexibility index (Phi) is 5.99. The molecule has 0 amide bonds. The molecule has 0 nitrogen and oxygen atoms in total. The van der Waals surface area contributed by atoms with Crippen LogP contribution in [0, 0.1) is 0 Å². The van der Waals surface area contributed by atoms with Crippen LogP contribution in [0.1, 0.15) is 22.3 Å². The maximum atomic E-state index is 2.35. The van der Waals surface area contributed by atoms with Gasteiger partial charge in [0.05, 0.1) is 0 Å². The molecule has 0 N–H and O–H groups in total. The maximum absolute atomic E-state index is 2.35. The number of rotatable bonds is 7. The lowest BCUT2D eigenvalue weighted by Gasteiger charge is -2.09.